The van der Waals surface area contributed by atoms with Crippen molar-refractivity contribution < 1.29 is 27.8 Å². The molecule has 4 aromatic carbocycles. The molecule has 8 heteroatoms. The van der Waals surface area contributed by atoms with E-state index in [4.69, 9.17) is 27.8 Å². The molecule has 274 valence electrons. The van der Waals surface area contributed by atoms with E-state index in [1.54, 1.807) is 28.4 Å². The van der Waals surface area contributed by atoms with E-state index in [1.807, 2.05) is 0 Å². The van der Waals surface area contributed by atoms with Crippen molar-refractivity contribution in [2.75, 3.05) is 28.4 Å². The van der Waals surface area contributed by atoms with Gasteiger partial charge in [0, 0.05) is 57.7 Å². The molecule has 0 spiro atoms. The predicted molar refractivity (Wildman–Crippen MR) is 216 cm³/mol. The summed E-state index contributed by atoms with van der Waals surface area (Å²) in [5, 5.41) is 4.29. The van der Waals surface area contributed by atoms with Crippen molar-refractivity contribution in [3.8, 4) is 34.1 Å². The summed E-state index contributed by atoms with van der Waals surface area (Å²) >= 11 is 0. The zero-order chi connectivity index (χ0) is 37.4. The highest BCUT2D eigenvalue weighted by atomic mass is 28.4. The van der Waals surface area contributed by atoms with Crippen LogP contribution < -0.4 is 18.9 Å². The van der Waals surface area contributed by atoms with E-state index in [-0.39, 0.29) is 22.3 Å². The summed E-state index contributed by atoms with van der Waals surface area (Å²) in [7, 11) is 3.07. The maximum atomic E-state index is 6.75. The molecule has 6 nitrogen and oxygen atoms in total. The first-order chi connectivity index (χ1) is 23.2. The first kappa shape index (κ1) is 39.7. The Morgan fingerprint density at radius 3 is 1.12 bits per heavy atom. The quantitative estimate of drug-likeness (QED) is 0.128. The molecule has 50 heavy (non-hydrogen) atoms. The SMILES string of the molecule is COc1cc(C[C@H](C)O[Si](C)(C)C(C)(C)C)c(OC)c2cc(-c3ccc4c(OC)cc(C[C@H](C)O[Si](C)(C)C(C)(C)C)c(OC)c4c3)ccc12. The maximum Gasteiger partial charge on any atom is 0.192 e. The largest absolute Gasteiger partial charge is 0.496 e. The first-order valence-corrected chi connectivity index (χ1v) is 23.7. The van der Waals surface area contributed by atoms with Crippen LogP contribution in [0.5, 0.6) is 23.0 Å². The van der Waals surface area contributed by atoms with Gasteiger partial charge in [0.15, 0.2) is 16.6 Å². The molecule has 0 N–H and O–H groups in total. The Balaban J connectivity index is 1.81. The van der Waals surface area contributed by atoms with Gasteiger partial charge in [0.1, 0.15) is 23.0 Å². The molecule has 4 rings (SSSR count). The second-order valence-electron chi connectivity index (χ2n) is 16.8. The van der Waals surface area contributed by atoms with Crippen molar-refractivity contribution in [1.82, 2.24) is 0 Å². The predicted octanol–water partition coefficient (Wildman–Crippen LogP) is 11.6. The summed E-state index contributed by atoms with van der Waals surface area (Å²) in [6.45, 7) is 27.2. The molecule has 0 unspecified atom stereocenters. The summed E-state index contributed by atoms with van der Waals surface area (Å²) in [6, 6.07) is 17.2. The van der Waals surface area contributed by atoms with Gasteiger partial charge >= 0.3 is 0 Å². The summed E-state index contributed by atoms with van der Waals surface area (Å²) in [5.74, 6) is 3.36. The molecule has 0 heterocycles. The van der Waals surface area contributed by atoms with E-state index in [0.717, 1.165) is 79.6 Å². The van der Waals surface area contributed by atoms with Crippen LogP contribution in [-0.4, -0.2) is 57.3 Å². The molecule has 0 aliphatic carbocycles. The topological polar surface area (TPSA) is 55.4 Å². The Morgan fingerprint density at radius 1 is 0.500 bits per heavy atom. The minimum absolute atomic E-state index is 0.0299. The van der Waals surface area contributed by atoms with Gasteiger partial charge in [0.05, 0.1) is 28.4 Å². The second kappa shape index (κ2) is 14.9. The molecule has 0 aliphatic rings. The van der Waals surface area contributed by atoms with Crippen LogP contribution in [0.25, 0.3) is 32.7 Å². The average Bonchev–Trinajstić information content (AvgIpc) is 3.01. The number of fused-ring (bicyclic) bond motifs is 2. The Kier molecular flexibility index (Phi) is 11.8. The monoisotopic (exact) mass is 718 g/mol. The molecule has 2 atom stereocenters. The van der Waals surface area contributed by atoms with Gasteiger partial charge in [0.25, 0.3) is 0 Å². The minimum atomic E-state index is -1.94. The van der Waals surface area contributed by atoms with Gasteiger partial charge in [-0.15, -0.1) is 0 Å². The molecule has 0 aromatic heterocycles. The number of rotatable bonds is 13. The van der Waals surface area contributed by atoms with E-state index in [2.05, 4.69) is 130 Å². The molecular formula is C42H62O6Si2. The van der Waals surface area contributed by atoms with Crippen molar-refractivity contribution in [2.24, 2.45) is 0 Å². The number of methoxy groups -OCH3 is 4. The number of hydrogen-bond donors (Lipinski definition) is 0. The zero-order valence-electron chi connectivity index (χ0n) is 33.6. The third kappa shape index (κ3) is 8.19. The Hall–Kier alpha value is -3.05. The Morgan fingerprint density at radius 2 is 0.840 bits per heavy atom. The summed E-state index contributed by atoms with van der Waals surface area (Å²) in [4.78, 5) is 0. The maximum absolute atomic E-state index is 6.75. The lowest BCUT2D eigenvalue weighted by molar-refractivity contribution is 0.198. The summed E-state index contributed by atoms with van der Waals surface area (Å²) in [5.41, 5.74) is 4.29. The van der Waals surface area contributed by atoms with Gasteiger partial charge in [-0.3, -0.25) is 0 Å². The molecule has 0 bridgehead atoms. The Labute approximate surface area is 304 Å². The first-order valence-electron chi connectivity index (χ1n) is 17.9. The summed E-state index contributed by atoms with van der Waals surface area (Å²) < 4.78 is 37.7. The van der Waals surface area contributed by atoms with E-state index in [0.29, 0.717) is 0 Å². The molecule has 0 amide bonds. The van der Waals surface area contributed by atoms with Gasteiger partial charge in [0.2, 0.25) is 0 Å². The van der Waals surface area contributed by atoms with E-state index in [9.17, 15) is 0 Å². The molecule has 0 saturated carbocycles. The van der Waals surface area contributed by atoms with Gasteiger partial charge in [-0.1, -0.05) is 53.7 Å². The fraction of sp³-hybridized carbons (Fsp3) is 0.524. The molecule has 0 fully saturated rings. The fourth-order valence-electron chi connectivity index (χ4n) is 6.39. The zero-order valence-corrected chi connectivity index (χ0v) is 35.6. The lowest BCUT2D eigenvalue weighted by atomic mass is 9.94. The lowest BCUT2D eigenvalue weighted by Crippen LogP contribution is -2.43. The van der Waals surface area contributed by atoms with Crippen molar-refractivity contribution >= 4 is 38.2 Å². The highest BCUT2D eigenvalue weighted by Crippen LogP contribution is 2.44. The highest BCUT2D eigenvalue weighted by Gasteiger charge is 2.39. The van der Waals surface area contributed by atoms with E-state index in [1.165, 1.54) is 0 Å². The van der Waals surface area contributed by atoms with E-state index >= 15 is 0 Å². The van der Waals surface area contributed by atoms with Gasteiger partial charge in [-0.05, 0) is 97.6 Å². The normalized spacial score (nSPS) is 14.2. The van der Waals surface area contributed by atoms with Crippen molar-refractivity contribution in [3.05, 3.63) is 59.7 Å². The third-order valence-corrected chi connectivity index (χ3v) is 20.3. The molecule has 0 aliphatic heterocycles. The van der Waals surface area contributed by atoms with Crippen LogP contribution in [0.3, 0.4) is 0 Å². The van der Waals surface area contributed by atoms with Gasteiger partial charge in [-0.2, -0.15) is 0 Å². The summed E-state index contributed by atoms with van der Waals surface area (Å²) in [6.07, 6.45) is 1.50. The third-order valence-electron chi connectivity index (χ3n) is 11.1. The van der Waals surface area contributed by atoms with Crippen molar-refractivity contribution in [1.29, 1.82) is 0 Å². The van der Waals surface area contributed by atoms with Gasteiger partial charge in [-0.25, -0.2) is 0 Å². The van der Waals surface area contributed by atoms with Crippen LogP contribution in [0, 0.1) is 0 Å². The molecule has 4 aromatic rings. The minimum Gasteiger partial charge on any atom is -0.496 e. The molecular weight excluding hydrogens is 657 g/mol. The highest BCUT2D eigenvalue weighted by molar-refractivity contribution is 6.74. The second-order valence-corrected chi connectivity index (χ2v) is 26.4. The van der Waals surface area contributed by atoms with Crippen LogP contribution in [0.1, 0.15) is 66.5 Å². The van der Waals surface area contributed by atoms with Crippen LogP contribution >= 0.6 is 0 Å². The van der Waals surface area contributed by atoms with E-state index < -0.39 is 16.6 Å². The number of ether oxygens (including phenoxy) is 4. The van der Waals surface area contributed by atoms with Crippen molar-refractivity contribution in [2.45, 2.75) is 117 Å². The average molecular weight is 719 g/mol. The van der Waals surface area contributed by atoms with Crippen LogP contribution in [0.15, 0.2) is 48.5 Å². The van der Waals surface area contributed by atoms with Crippen LogP contribution in [0.4, 0.5) is 0 Å². The smallest absolute Gasteiger partial charge is 0.192 e. The Bertz CT molecular complexity index is 1680. The molecule has 0 saturated heterocycles. The number of benzene rings is 4. The standard InChI is InChI=1S/C42H62O6Si2/c1-27(47-49(13,14)41(3,4)5)21-31-25-37(43-9)33-19-17-29(23-35(33)39(31)45-11)30-18-20-34-36(24-30)40(46-12)32(26-38(34)44-10)22-28(2)48-50(15,16)42(6,7)8/h17-20,23-28H,21-22H2,1-16H3/t27-,28-/m0/s1. The van der Waals surface area contributed by atoms with Crippen molar-refractivity contribution in [3.63, 3.8) is 0 Å². The fourth-order valence-corrected chi connectivity index (χ4v) is 9.27. The molecule has 0 radical (unpaired) electrons. The van der Waals surface area contributed by atoms with Gasteiger partial charge < -0.3 is 27.8 Å². The number of hydrogen-bond acceptors (Lipinski definition) is 6. The lowest BCUT2D eigenvalue weighted by Gasteiger charge is -2.38. The van der Waals surface area contributed by atoms with Crippen LogP contribution in [-0.2, 0) is 21.7 Å². The van der Waals surface area contributed by atoms with Crippen LogP contribution in [0.2, 0.25) is 36.3 Å².